The van der Waals surface area contributed by atoms with Crippen LogP contribution in [0.15, 0.2) is 59.2 Å². The van der Waals surface area contributed by atoms with Crippen LogP contribution >= 0.6 is 0 Å². The maximum Gasteiger partial charge on any atom is 0.290 e. The lowest BCUT2D eigenvalue weighted by Crippen LogP contribution is -2.45. The Labute approximate surface area is 222 Å². The number of carbonyl (C=O) groups excluding carboxylic acids is 2. The Morgan fingerprint density at radius 1 is 0.947 bits per heavy atom. The lowest BCUT2D eigenvalue weighted by molar-refractivity contribution is -0.126. The van der Waals surface area contributed by atoms with E-state index in [1.807, 2.05) is 24.3 Å². The van der Waals surface area contributed by atoms with Gasteiger partial charge in [-0.15, -0.1) is 0 Å². The lowest BCUT2D eigenvalue weighted by atomic mass is 10.0. The maximum absolute atomic E-state index is 14.0. The van der Waals surface area contributed by atoms with Crippen LogP contribution in [0.4, 0.5) is 0 Å². The molecule has 4 rings (SSSR count). The molecule has 1 fully saturated rings. The Bertz CT molecular complexity index is 1210. The lowest BCUT2D eigenvalue weighted by Gasteiger charge is -2.32. The van der Waals surface area contributed by atoms with E-state index in [0.29, 0.717) is 28.6 Å². The zero-order chi connectivity index (χ0) is 27.1. The summed E-state index contributed by atoms with van der Waals surface area (Å²) in [5, 5.41) is 3.17. The predicted molar refractivity (Wildman–Crippen MR) is 141 cm³/mol. The van der Waals surface area contributed by atoms with Crippen molar-refractivity contribution in [2.75, 3.05) is 28.4 Å². The number of rotatable bonds is 11. The molecule has 1 saturated carbocycles. The molecule has 3 aromatic rings. The number of nitrogens with one attached hydrogen (secondary N) is 1. The Kier molecular flexibility index (Phi) is 8.78. The second kappa shape index (κ2) is 12.4. The van der Waals surface area contributed by atoms with Crippen molar-refractivity contribution in [3.8, 4) is 23.0 Å². The summed E-state index contributed by atoms with van der Waals surface area (Å²) >= 11 is 0. The van der Waals surface area contributed by atoms with Crippen LogP contribution in [-0.4, -0.2) is 51.2 Å². The van der Waals surface area contributed by atoms with E-state index in [0.717, 1.165) is 31.2 Å². The van der Waals surface area contributed by atoms with Gasteiger partial charge in [0.2, 0.25) is 11.7 Å². The van der Waals surface area contributed by atoms with Crippen LogP contribution < -0.4 is 24.3 Å². The highest BCUT2D eigenvalue weighted by atomic mass is 16.5. The number of amides is 2. The molecule has 0 radical (unpaired) electrons. The van der Waals surface area contributed by atoms with Gasteiger partial charge in [0.25, 0.3) is 5.91 Å². The first kappa shape index (κ1) is 26.9. The zero-order valence-corrected chi connectivity index (χ0v) is 22.2. The molecule has 2 aromatic carbocycles. The molecule has 1 N–H and O–H groups in total. The van der Waals surface area contributed by atoms with Gasteiger partial charge in [-0.25, -0.2) is 0 Å². The largest absolute Gasteiger partial charge is 0.497 e. The molecular formula is C29H34N2O7. The number of furan rings is 1. The Morgan fingerprint density at radius 3 is 2.24 bits per heavy atom. The van der Waals surface area contributed by atoms with Crippen LogP contribution in [0.3, 0.4) is 0 Å². The number of nitrogens with zero attached hydrogens (tertiary/aromatic N) is 1. The molecule has 2 amide bonds. The summed E-state index contributed by atoms with van der Waals surface area (Å²) in [4.78, 5) is 29.4. The summed E-state index contributed by atoms with van der Waals surface area (Å²) in [5.74, 6) is 1.20. The quantitative estimate of drug-likeness (QED) is 0.388. The molecule has 1 aliphatic rings. The van der Waals surface area contributed by atoms with Crippen LogP contribution in [0.1, 0.15) is 53.4 Å². The van der Waals surface area contributed by atoms with E-state index in [2.05, 4.69) is 5.32 Å². The van der Waals surface area contributed by atoms with E-state index in [-0.39, 0.29) is 24.3 Å². The van der Waals surface area contributed by atoms with Gasteiger partial charge in [-0.3, -0.25) is 9.59 Å². The van der Waals surface area contributed by atoms with Crippen LogP contribution in [0.5, 0.6) is 23.0 Å². The predicted octanol–water partition coefficient (Wildman–Crippen LogP) is 4.76. The summed E-state index contributed by atoms with van der Waals surface area (Å²) < 4.78 is 27.5. The molecule has 0 bridgehead atoms. The molecule has 0 saturated heterocycles. The molecule has 9 heteroatoms. The fraction of sp³-hybridized carbons (Fsp3) is 0.379. The number of methoxy groups -OCH3 is 4. The van der Waals surface area contributed by atoms with Crippen molar-refractivity contribution in [1.82, 2.24) is 10.2 Å². The molecule has 1 aromatic heterocycles. The second-order valence-electron chi connectivity index (χ2n) is 9.11. The van der Waals surface area contributed by atoms with Gasteiger partial charge in [-0.2, -0.15) is 0 Å². The van der Waals surface area contributed by atoms with Crippen LogP contribution in [0.25, 0.3) is 0 Å². The minimum absolute atomic E-state index is 0.0458. The third-order valence-corrected chi connectivity index (χ3v) is 6.74. The van der Waals surface area contributed by atoms with Crippen molar-refractivity contribution >= 4 is 11.8 Å². The number of hydrogen-bond donors (Lipinski definition) is 1. The van der Waals surface area contributed by atoms with Gasteiger partial charge in [-0.1, -0.05) is 25.0 Å². The molecule has 202 valence electrons. The van der Waals surface area contributed by atoms with Gasteiger partial charge >= 0.3 is 0 Å². The average molecular weight is 523 g/mol. The van der Waals surface area contributed by atoms with Crippen molar-refractivity contribution in [3.05, 3.63) is 71.7 Å². The third kappa shape index (κ3) is 5.88. The van der Waals surface area contributed by atoms with E-state index in [9.17, 15) is 9.59 Å². The summed E-state index contributed by atoms with van der Waals surface area (Å²) in [6.07, 6.45) is 5.34. The van der Waals surface area contributed by atoms with Gasteiger partial charge < -0.3 is 33.6 Å². The molecule has 1 aliphatic carbocycles. The number of benzene rings is 2. The SMILES string of the molecule is COc1cccc(CN(C(=O)c2ccco2)C(C(=O)NC2CCCC2)c2cc(OC)c(OC)c(OC)c2)c1. The third-order valence-electron chi connectivity index (χ3n) is 6.74. The van der Waals surface area contributed by atoms with E-state index in [1.54, 1.807) is 31.4 Å². The second-order valence-corrected chi connectivity index (χ2v) is 9.11. The first-order valence-electron chi connectivity index (χ1n) is 12.6. The highest BCUT2D eigenvalue weighted by molar-refractivity contribution is 5.96. The van der Waals surface area contributed by atoms with Crippen molar-refractivity contribution < 1.29 is 33.0 Å². The van der Waals surface area contributed by atoms with Gasteiger partial charge in [0.1, 0.15) is 11.8 Å². The number of hydrogen-bond acceptors (Lipinski definition) is 7. The molecule has 9 nitrogen and oxygen atoms in total. The van der Waals surface area contributed by atoms with Crippen molar-refractivity contribution in [2.24, 2.45) is 0 Å². The van der Waals surface area contributed by atoms with Crippen molar-refractivity contribution in [1.29, 1.82) is 0 Å². The summed E-state index contributed by atoms with van der Waals surface area (Å²) in [6, 6.07) is 13.0. The molecule has 1 unspecified atom stereocenters. The van der Waals surface area contributed by atoms with E-state index in [1.165, 1.54) is 32.5 Å². The van der Waals surface area contributed by atoms with Crippen LogP contribution in [-0.2, 0) is 11.3 Å². The number of carbonyl (C=O) groups is 2. The summed E-state index contributed by atoms with van der Waals surface area (Å²) in [6.45, 7) is 0.121. The van der Waals surface area contributed by atoms with Gasteiger partial charge in [0.05, 0.1) is 34.7 Å². The molecule has 0 spiro atoms. The minimum Gasteiger partial charge on any atom is -0.497 e. The molecule has 0 aliphatic heterocycles. The van der Waals surface area contributed by atoms with E-state index < -0.39 is 11.9 Å². The molecule has 38 heavy (non-hydrogen) atoms. The maximum atomic E-state index is 14.0. The standard InChI is InChI=1S/C29H34N2O7/c1-34-22-12-7-9-19(15-22)18-31(29(33)23-13-8-14-38-23)26(28(32)30-21-10-5-6-11-21)20-16-24(35-2)27(37-4)25(17-20)36-3/h7-9,12-17,21,26H,5-6,10-11,18H2,1-4H3,(H,30,32). The molecular weight excluding hydrogens is 488 g/mol. The summed E-state index contributed by atoms with van der Waals surface area (Å²) in [5.41, 5.74) is 1.30. The number of ether oxygens (including phenoxy) is 4. The Balaban J connectivity index is 1.85. The van der Waals surface area contributed by atoms with E-state index in [4.69, 9.17) is 23.4 Å². The highest BCUT2D eigenvalue weighted by Crippen LogP contribution is 2.41. The van der Waals surface area contributed by atoms with Gasteiger partial charge in [0.15, 0.2) is 17.3 Å². The highest BCUT2D eigenvalue weighted by Gasteiger charge is 2.36. The molecule has 1 heterocycles. The van der Waals surface area contributed by atoms with Crippen molar-refractivity contribution in [3.63, 3.8) is 0 Å². The monoisotopic (exact) mass is 522 g/mol. The smallest absolute Gasteiger partial charge is 0.290 e. The molecule has 1 atom stereocenters. The average Bonchev–Trinajstić information content (AvgIpc) is 3.66. The summed E-state index contributed by atoms with van der Waals surface area (Å²) in [7, 11) is 6.12. The fourth-order valence-electron chi connectivity index (χ4n) is 4.87. The zero-order valence-electron chi connectivity index (χ0n) is 22.2. The van der Waals surface area contributed by atoms with Gasteiger partial charge in [0, 0.05) is 12.6 Å². The fourth-order valence-corrected chi connectivity index (χ4v) is 4.87. The Hall–Kier alpha value is -4.14. The van der Waals surface area contributed by atoms with Crippen LogP contribution in [0, 0.1) is 0 Å². The van der Waals surface area contributed by atoms with Gasteiger partial charge in [-0.05, 0) is 60.4 Å². The topological polar surface area (TPSA) is 99.5 Å². The van der Waals surface area contributed by atoms with Crippen molar-refractivity contribution in [2.45, 2.75) is 44.3 Å². The van der Waals surface area contributed by atoms with Crippen LogP contribution in [0.2, 0.25) is 0 Å². The minimum atomic E-state index is -1.02. The first-order chi connectivity index (χ1) is 18.5. The first-order valence-corrected chi connectivity index (χ1v) is 12.6. The Morgan fingerprint density at radius 2 is 1.66 bits per heavy atom. The normalized spacial score (nSPS) is 14.0. The van der Waals surface area contributed by atoms with E-state index >= 15 is 0 Å².